The third kappa shape index (κ3) is 2.21. The lowest BCUT2D eigenvalue weighted by Gasteiger charge is -2.13. The predicted molar refractivity (Wildman–Crippen MR) is 54.3 cm³/mol. The fraction of sp³-hybridized carbons (Fsp3) is 0.364. The van der Waals surface area contributed by atoms with E-state index in [-0.39, 0.29) is 11.3 Å². The molecule has 0 unspecified atom stereocenters. The number of nitrogens with one attached hydrogen (secondary N) is 1. The monoisotopic (exact) mass is 207 g/mol. The van der Waals surface area contributed by atoms with Crippen LogP contribution in [0.2, 0.25) is 0 Å². The molecule has 1 aromatic rings. The van der Waals surface area contributed by atoms with Crippen LogP contribution in [0.25, 0.3) is 0 Å². The highest BCUT2D eigenvalue weighted by molar-refractivity contribution is 6.02. The molecular formula is C11H13NO3. The topological polar surface area (TPSA) is 51.5 Å². The van der Waals surface area contributed by atoms with Crippen molar-refractivity contribution in [2.24, 2.45) is 0 Å². The summed E-state index contributed by atoms with van der Waals surface area (Å²) in [6, 6.07) is 3.30. The minimum absolute atomic E-state index is 0.116. The van der Waals surface area contributed by atoms with Crippen molar-refractivity contribution in [3.8, 4) is 0 Å². The molecule has 1 saturated heterocycles. The Hall–Kier alpha value is -1.71. The van der Waals surface area contributed by atoms with Crippen molar-refractivity contribution < 1.29 is 13.9 Å². The smallest absolute Gasteiger partial charge is 0.226 e. The summed E-state index contributed by atoms with van der Waals surface area (Å²) < 4.78 is 10.3. The Kier molecular flexibility index (Phi) is 2.26. The summed E-state index contributed by atoms with van der Waals surface area (Å²) in [5, 5.41) is 3.10. The molecule has 1 aromatic heterocycles. The van der Waals surface area contributed by atoms with Crippen LogP contribution < -0.4 is 5.32 Å². The van der Waals surface area contributed by atoms with E-state index in [1.165, 1.54) is 12.3 Å². The van der Waals surface area contributed by atoms with E-state index in [0.717, 1.165) is 0 Å². The van der Waals surface area contributed by atoms with Crippen LogP contribution in [-0.4, -0.2) is 17.9 Å². The maximum absolute atomic E-state index is 11.6. The first-order valence-electron chi connectivity index (χ1n) is 4.77. The largest absolute Gasteiger partial charge is 0.477 e. The lowest BCUT2D eigenvalue weighted by molar-refractivity contribution is 0.101. The van der Waals surface area contributed by atoms with E-state index >= 15 is 0 Å². The normalized spacial score (nSPS) is 21.1. The predicted octanol–water partition coefficient (Wildman–Crippen LogP) is 1.70. The molecule has 2 heterocycles. The minimum Gasteiger partial charge on any atom is -0.477 e. The van der Waals surface area contributed by atoms with Gasteiger partial charge in [0.1, 0.15) is 6.61 Å². The van der Waals surface area contributed by atoms with Gasteiger partial charge in [0, 0.05) is 6.08 Å². The standard InChI is InChI=1S/C11H13NO3/c1-11(2)7-15-10(12-11)6-8(13)9-4-3-5-14-9/h3-6,12H,7H2,1-2H3. The van der Waals surface area contributed by atoms with E-state index in [9.17, 15) is 4.79 Å². The van der Waals surface area contributed by atoms with Gasteiger partial charge in [-0.05, 0) is 26.0 Å². The quantitative estimate of drug-likeness (QED) is 0.592. The number of carbonyl (C=O) groups is 1. The molecule has 1 aliphatic rings. The van der Waals surface area contributed by atoms with E-state index in [4.69, 9.17) is 9.15 Å². The van der Waals surface area contributed by atoms with Gasteiger partial charge >= 0.3 is 0 Å². The maximum Gasteiger partial charge on any atom is 0.226 e. The van der Waals surface area contributed by atoms with Crippen molar-refractivity contribution in [3.63, 3.8) is 0 Å². The number of carbonyl (C=O) groups excluding carboxylic acids is 1. The van der Waals surface area contributed by atoms with E-state index in [0.29, 0.717) is 18.3 Å². The minimum atomic E-state index is -0.194. The van der Waals surface area contributed by atoms with Gasteiger partial charge in [0.05, 0.1) is 11.8 Å². The van der Waals surface area contributed by atoms with Gasteiger partial charge in [0.2, 0.25) is 5.78 Å². The second-order valence-corrected chi connectivity index (χ2v) is 4.15. The van der Waals surface area contributed by atoms with Crippen molar-refractivity contribution in [3.05, 3.63) is 36.1 Å². The maximum atomic E-state index is 11.6. The Morgan fingerprint density at radius 2 is 2.40 bits per heavy atom. The van der Waals surface area contributed by atoms with Crippen molar-refractivity contribution in [1.82, 2.24) is 5.32 Å². The van der Waals surface area contributed by atoms with Crippen molar-refractivity contribution in [2.75, 3.05) is 6.61 Å². The summed E-state index contributed by atoms with van der Waals surface area (Å²) in [6.45, 7) is 4.57. The Bertz CT molecular complexity index is 390. The summed E-state index contributed by atoms with van der Waals surface area (Å²) >= 11 is 0. The second-order valence-electron chi connectivity index (χ2n) is 4.15. The summed E-state index contributed by atoms with van der Waals surface area (Å²) in [6.07, 6.45) is 2.88. The Morgan fingerprint density at radius 1 is 1.60 bits per heavy atom. The first kappa shape index (κ1) is 9.83. The molecule has 0 saturated carbocycles. The van der Waals surface area contributed by atoms with Crippen LogP contribution in [-0.2, 0) is 4.74 Å². The Balaban J connectivity index is 2.09. The van der Waals surface area contributed by atoms with Gasteiger partial charge in [0.25, 0.3) is 0 Å². The fourth-order valence-electron chi connectivity index (χ4n) is 1.35. The first-order valence-corrected chi connectivity index (χ1v) is 4.77. The molecule has 0 spiro atoms. The summed E-state index contributed by atoms with van der Waals surface area (Å²) in [5.74, 6) is 0.624. The van der Waals surface area contributed by atoms with E-state index < -0.39 is 0 Å². The zero-order valence-electron chi connectivity index (χ0n) is 8.74. The van der Waals surface area contributed by atoms with Crippen LogP contribution >= 0.6 is 0 Å². The first-order chi connectivity index (χ1) is 7.07. The second kappa shape index (κ2) is 3.46. The third-order valence-electron chi connectivity index (χ3n) is 2.08. The van der Waals surface area contributed by atoms with E-state index in [2.05, 4.69) is 5.32 Å². The molecule has 1 N–H and O–H groups in total. The molecule has 0 bridgehead atoms. The highest BCUT2D eigenvalue weighted by atomic mass is 16.5. The van der Waals surface area contributed by atoms with Crippen LogP contribution in [0.1, 0.15) is 24.4 Å². The highest BCUT2D eigenvalue weighted by Crippen LogP contribution is 2.16. The molecule has 80 valence electrons. The van der Waals surface area contributed by atoms with Gasteiger partial charge in [-0.1, -0.05) is 0 Å². The number of hydrogen-bond acceptors (Lipinski definition) is 4. The highest BCUT2D eigenvalue weighted by Gasteiger charge is 2.27. The number of ether oxygens (including phenoxy) is 1. The average molecular weight is 207 g/mol. The average Bonchev–Trinajstić information content (AvgIpc) is 2.74. The van der Waals surface area contributed by atoms with Gasteiger partial charge in [-0.25, -0.2) is 0 Å². The zero-order chi connectivity index (χ0) is 10.9. The summed E-state index contributed by atoms with van der Waals surface area (Å²) in [4.78, 5) is 11.6. The molecule has 2 rings (SSSR count). The number of rotatable bonds is 2. The summed E-state index contributed by atoms with van der Waals surface area (Å²) in [7, 11) is 0. The molecular weight excluding hydrogens is 194 g/mol. The van der Waals surface area contributed by atoms with Gasteiger partial charge in [-0.2, -0.15) is 0 Å². The van der Waals surface area contributed by atoms with Crippen LogP contribution in [0.15, 0.2) is 34.8 Å². The number of furan rings is 1. The number of ketones is 1. The molecule has 0 radical (unpaired) electrons. The molecule has 4 nitrogen and oxygen atoms in total. The van der Waals surface area contributed by atoms with Crippen LogP contribution in [0.5, 0.6) is 0 Å². The molecule has 0 atom stereocenters. The van der Waals surface area contributed by atoms with Crippen molar-refractivity contribution >= 4 is 5.78 Å². The summed E-state index contributed by atoms with van der Waals surface area (Å²) in [5.41, 5.74) is -0.116. The molecule has 0 aromatic carbocycles. The van der Waals surface area contributed by atoms with Crippen LogP contribution in [0.4, 0.5) is 0 Å². The molecule has 0 amide bonds. The molecule has 1 aliphatic heterocycles. The lowest BCUT2D eigenvalue weighted by Crippen LogP contribution is -2.34. The van der Waals surface area contributed by atoms with Gasteiger partial charge < -0.3 is 14.5 Å². The van der Waals surface area contributed by atoms with Crippen LogP contribution in [0, 0.1) is 0 Å². The van der Waals surface area contributed by atoms with Gasteiger partial charge in [0.15, 0.2) is 11.6 Å². The zero-order valence-corrected chi connectivity index (χ0v) is 8.74. The molecule has 1 fully saturated rings. The third-order valence-corrected chi connectivity index (χ3v) is 2.08. The van der Waals surface area contributed by atoms with Gasteiger partial charge in [-0.15, -0.1) is 0 Å². The van der Waals surface area contributed by atoms with Crippen molar-refractivity contribution in [1.29, 1.82) is 0 Å². The van der Waals surface area contributed by atoms with E-state index in [1.54, 1.807) is 12.1 Å². The van der Waals surface area contributed by atoms with Crippen molar-refractivity contribution in [2.45, 2.75) is 19.4 Å². The lowest BCUT2D eigenvalue weighted by atomic mass is 10.1. The SMILES string of the molecule is CC1(C)COC(=CC(=O)c2ccco2)N1. The van der Waals surface area contributed by atoms with E-state index in [1.807, 2.05) is 13.8 Å². The van der Waals surface area contributed by atoms with Gasteiger partial charge in [-0.3, -0.25) is 4.79 Å². The van der Waals surface area contributed by atoms with Crippen LogP contribution in [0.3, 0.4) is 0 Å². The Labute approximate surface area is 87.9 Å². The number of allylic oxidation sites excluding steroid dienone is 1. The fourth-order valence-corrected chi connectivity index (χ4v) is 1.35. The molecule has 15 heavy (non-hydrogen) atoms. The molecule has 4 heteroatoms. The Morgan fingerprint density at radius 3 is 2.93 bits per heavy atom. The number of hydrogen-bond donors (Lipinski definition) is 1. The molecule has 0 aliphatic carbocycles.